The third-order valence-electron chi connectivity index (χ3n) is 4.26. The molecule has 6 heteroatoms. The molecule has 0 aliphatic heterocycles. The normalized spacial score (nSPS) is 12.9. The molecule has 1 aliphatic carbocycles. The minimum Gasteiger partial charge on any atom is -0.352 e. The van der Waals surface area contributed by atoms with E-state index in [1.807, 2.05) is 18.2 Å². The van der Waals surface area contributed by atoms with Crippen molar-refractivity contribution in [1.82, 2.24) is 5.32 Å². The van der Waals surface area contributed by atoms with Gasteiger partial charge in [0.1, 0.15) is 0 Å². The molecule has 1 aliphatic rings. The number of hydrogen-bond acceptors (Lipinski definition) is 3. The summed E-state index contributed by atoms with van der Waals surface area (Å²) in [6.45, 7) is 0.429. The van der Waals surface area contributed by atoms with E-state index >= 15 is 0 Å². The minimum absolute atomic E-state index is 0.0348. The number of carbonyl (C=O) groups is 3. The van der Waals surface area contributed by atoms with Crippen molar-refractivity contribution in [3.05, 3.63) is 60.2 Å². The van der Waals surface area contributed by atoms with Crippen molar-refractivity contribution in [3.63, 3.8) is 0 Å². The van der Waals surface area contributed by atoms with E-state index in [9.17, 15) is 14.4 Å². The molecule has 6 nitrogen and oxygen atoms in total. The zero-order valence-corrected chi connectivity index (χ0v) is 15.0. The summed E-state index contributed by atoms with van der Waals surface area (Å²) in [6.07, 6.45) is 2.74. The Morgan fingerprint density at radius 2 is 1.59 bits per heavy atom. The average Bonchev–Trinajstić information content (AvgIpc) is 3.51. The number of carbonyl (C=O) groups excluding carboxylic acids is 3. The molecule has 1 saturated carbocycles. The van der Waals surface area contributed by atoms with Crippen molar-refractivity contribution in [2.75, 3.05) is 17.2 Å². The highest BCUT2D eigenvalue weighted by atomic mass is 16.2. The largest absolute Gasteiger partial charge is 0.352 e. The van der Waals surface area contributed by atoms with Gasteiger partial charge >= 0.3 is 0 Å². The Hall–Kier alpha value is -3.15. The fourth-order valence-electron chi connectivity index (χ4n) is 2.63. The monoisotopic (exact) mass is 365 g/mol. The fraction of sp³-hybridized carbons (Fsp3) is 0.286. The Labute approximate surface area is 158 Å². The van der Waals surface area contributed by atoms with Crippen LogP contribution in [0.15, 0.2) is 54.6 Å². The van der Waals surface area contributed by atoms with E-state index in [2.05, 4.69) is 16.0 Å². The third-order valence-corrected chi connectivity index (χ3v) is 4.26. The summed E-state index contributed by atoms with van der Waals surface area (Å²) >= 11 is 0. The number of rotatable bonds is 8. The second-order valence-corrected chi connectivity index (χ2v) is 6.62. The molecule has 2 aromatic rings. The van der Waals surface area contributed by atoms with E-state index < -0.39 is 0 Å². The first-order chi connectivity index (χ1) is 13.1. The molecule has 0 unspecified atom stereocenters. The van der Waals surface area contributed by atoms with E-state index in [1.165, 1.54) is 0 Å². The summed E-state index contributed by atoms with van der Waals surface area (Å²) in [5, 5.41) is 8.48. The fourth-order valence-corrected chi connectivity index (χ4v) is 2.63. The molecule has 27 heavy (non-hydrogen) atoms. The summed E-state index contributed by atoms with van der Waals surface area (Å²) in [6, 6.07) is 16.1. The van der Waals surface area contributed by atoms with Crippen molar-refractivity contribution in [1.29, 1.82) is 0 Å². The Kier molecular flexibility index (Phi) is 6.20. The van der Waals surface area contributed by atoms with Crippen LogP contribution in [0.4, 0.5) is 11.4 Å². The van der Waals surface area contributed by atoms with Crippen molar-refractivity contribution < 1.29 is 14.4 Å². The van der Waals surface area contributed by atoms with Gasteiger partial charge in [0.15, 0.2) is 0 Å². The van der Waals surface area contributed by atoms with Gasteiger partial charge in [-0.05, 0) is 49.6 Å². The number of benzene rings is 2. The topological polar surface area (TPSA) is 87.3 Å². The highest BCUT2D eigenvalue weighted by Gasteiger charge is 2.29. The lowest BCUT2D eigenvalue weighted by Gasteiger charge is -2.09. The smallest absolute Gasteiger partial charge is 0.251 e. The second kappa shape index (κ2) is 8.98. The van der Waals surface area contributed by atoms with E-state index in [1.54, 1.807) is 36.4 Å². The van der Waals surface area contributed by atoms with Crippen LogP contribution < -0.4 is 16.0 Å². The molecular weight excluding hydrogens is 342 g/mol. The number of hydrogen-bond donors (Lipinski definition) is 3. The molecule has 0 spiro atoms. The van der Waals surface area contributed by atoms with Crippen molar-refractivity contribution in [2.24, 2.45) is 5.92 Å². The molecule has 0 bridgehead atoms. The highest BCUT2D eigenvalue weighted by Crippen LogP contribution is 2.30. The molecule has 2 aromatic carbocycles. The summed E-state index contributed by atoms with van der Waals surface area (Å²) in [4.78, 5) is 35.8. The lowest BCUT2D eigenvalue weighted by molar-refractivity contribution is -0.117. The van der Waals surface area contributed by atoms with Gasteiger partial charge in [-0.25, -0.2) is 0 Å². The van der Waals surface area contributed by atoms with Crippen LogP contribution in [0.2, 0.25) is 0 Å². The lowest BCUT2D eigenvalue weighted by Crippen LogP contribution is -2.25. The molecule has 0 atom stereocenters. The average molecular weight is 365 g/mol. The lowest BCUT2D eigenvalue weighted by atomic mass is 10.2. The van der Waals surface area contributed by atoms with E-state index in [0.29, 0.717) is 36.3 Å². The van der Waals surface area contributed by atoms with Gasteiger partial charge in [-0.1, -0.05) is 24.3 Å². The highest BCUT2D eigenvalue weighted by molar-refractivity contribution is 5.96. The molecule has 3 amide bonds. The van der Waals surface area contributed by atoms with Gasteiger partial charge in [0, 0.05) is 35.8 Å². The Bertz CT molecular complexity index is 816. The molecule has 0 heterocycles. The van der Waals surface area contributed by atoms with Crippen molar-refractivity contribution in [2.45, 2.75) is 25.7 Å². The van der Waals surface area contributed by atoms with Gasteiger partial charge in [0.05, 0.1) is 0 Å². The van der Waals surface area contributed by atoms with Gasteiger partial charge in [-0.2, -0.15) is 0 Å². The Balaban J connectivity index is 1.39. The molecule has 0 aromatic heterocycles. The van der Waals surface area contributed by atoms with Gasteiger partial charge in [0.25, 0.3) is 5.91 Å². The molecule has 0 radical (unpaired) electrons. The van der Waals surface area contributed by atoms with Crippen LogP contribution in [0.3, 0.4) is 0 Å². The molecule has 140 valence electrons. The van der Waals surface area contributed by atoms with Crippen LogP contribution in [0, 0.1) is 5.92 Å². The van der Waals surface area contributed by atoms with Crippen LogP contribution in [-0.2, 0) is 9.59 Å². The molecule has 3 rings (SSSR count). The maximum absolute atomic E-state index is 12.1. The second-order valence-electron chi connectivity index (χ2n) is 6.62. The SMILES string of the molecule is O=C(CCCNC(=O)c1ccccc1)Nc1cccc(NC(=O)C2CC2)c1. The van der Waals surface area contributed by atoms with Crippen molar-refractivity contribution in [3.8, 4) is 0 Å². The molecule has 0 saturated heterocycles. The van der Waals surface area contributed by atoms with Gasteiger partial charge < -0.3 is 16.0 Å². The van der Waals surface area contributed by atoms with Crippen LogP contribution in [-0.4, -0.2) is 24.3 Å². The maximum Gasteiger partial charge on any atom is 0.251 e. The number of nitrogens with one attached hydrogen (secondary N) is 3. The van der Waals surface area contributed by atoms with Crippen LogP contribution in [0.25, 0.3) is 0 Å². The zero-order valence-electron chi connectivity index (χ0n) is 15.0. The maximum atomic E-state index is 12.1. The predicted octanol–water partition coefficient (Wildman–Crippen LogP) is 3.18. The van der Waals surface area contributed by atoms with E-state index in [4.69, 9.17) is 0 Å². The van der Waals surface area contributed by atoms with Crippen LogP contribution in [0.1, 0.15) is 36.0 Å². The zero-order chi connectivity index (χ0) is 19.1. The summed E-state index contributed by atoms with van der Waals surface area (Å²) in [5.74, 6) is -0.105. The van der Waals surface area contributed by atoms with Crippen LogP contribution >= 0.6 is 0 Å². The third kappa shape index (κ3) is 5.95. The Morgan fingerprint density at radius 1 is 0.889 bits per heavy atom. The van der Waals surface area contributed by atoms with Gasteiger partial charge in [-0.3, -0.25) is 14.4 Å². The quantitative estimate of drug-likeness (QED) is 0.628. The number of anilines is 2. The first-order valence-corrected chi connectivity index (χ1v) is 9.16. The van der Waals surface area contributed by atoms with Crippen LogP contribution in [0.5, 0.6) is 0 Å². The summed E-state index contributed by atoms with van der Waals surface area (Å²) < 4.78 is 0. The summed E-state index contributed by atoms with van der Waals surface area (Å²) in [7, 11) is 0. The number of amides is 3. The summed E-state index contributed by atoms with van der Waals surface area (Å²) in [5.41, 5.74) is 1.92. The van der Waals surface area contributed by atoms with E-state index in [-0.39, 0.29) is 23.6 Å². The van der Waals surface area contributed by atoms with E-state index in [0.717, 1.165) is 12.8 Å². The van der Waals surface area contributed by atoms with Gasteiger partial charge in [-0.15, -0.1) is 0 Å². The Morgan fingerprint density at radius 3 is 2.30 bits per heavy atom. The molecular formula is C21H23N3O3. The van der Waals surface area contributed by atoms with Crippen molar-refractivity contribution >= 4 is 29.1 Å². The predicted molar refractivity (Wildman–Crippen MR) is 104 cm³/mol. The minimum atomic E-state index is -0.143. The molecule has 1 fully saturated rings. The molecule has 3 N–H and O–H groups in total. The first-order valence-electron chi connectivity index (χ1n) is 9.16. The standard InChI is InChI=1S/C21H23N3O3/c25-19(10-5-13-22-20(26)15-6-2-1-3-7-15)23-17-8-4-9-18(14-17)24-21(27)16-11-12-16/h1-4,6-9,14,16H,5,10-13H2,(H,22,26)(H,23,25)(H,24,27). The van der Waals surface area contributed by atoms with Gasteiger partial charge in [0.2, 0.25) is 11.8 Å². The first kappa shape index (κ1) is 18.6.